The van der Waals surface area contributed by atoms with Gasteiger partial charge in [0.1, 0.15) is 0 Å². The zero-order chi connectivity index (χ0) is 14.8. The van der Waals surface area contributed by atoms with Crippen LogP contribution >= 0.6 is 11.8 Å². The van der Waals surface area contributed by atoms with E-state index in [1.54, 1.807) is 11.8 Å². The first-order chi connectivity index (χ1) is 10.1. The van der Waals surface area contributed by atoms with Crippen LogP contribution in [0.15, 0.2) is 23.1 Å². The van der Waals surface area contributed by atoms with Crippen molar-refractivity contribution in [3.63, 3.8) is 0 Å². The number of nitrogens with zero attached hydrogens (tertiary/aromatic N) is 1. The Bertz CT molecular complexity index is 576. The summed E-state index contributed by atoms with van der Waals surface area (Å²) in [6.07, 6.45) is 0.511. The molecular weight excluding hydrogens is 286 g/mol. The third-order valence-corrected chi connectivity index (χ3v) is 4.92. The van der Waals surface area contributed by atoms with Gasteiger partial charge in [-0.15, -0.1) is 11.8 Å². The molecule has 0 unspecified atom stereocenters. The fraction of sp³-hybridized carbons (Fsp3) is 0.467. The molecule has 21 heavy (non-hydrogen) atoms. The summed E-state index contributed by atoms with van der Waals surface area (Å²) < 4.78 is 0. The Morgan fingerprint density at radius 3 is 3.10 bits per heavy atom. The van der Waals surface area contributed by atoms with Crippen LogP contribution < -0.4 is 10.6 Å². The van der Waals surface area contributed by atoms with Crippen molar-refractivity contribution in [3.8, 4) is 0 Å². The topological polar surface area (TPSA) is 61.4 Å². The molecular formula is C15H19N3O2S. The number of thioether (sulfide) groups is 1. The van der Waals surface area contributed by atoms with Gasteiger partial charge >= 0.3 is 0 Å². The van der Waals surface area contributed by atoms with Crippen LogP contribution in [0.25, 0.3) is 0 Å². The molecule has 0 aromatic heterocycles. The highest BCUT2D eigenvalue weighted by Gasteiger charge is 2.25. The van der Waals surface area contributed by atoms with Crippen molar-refractivity contribution in [2.45, 2.75) is 24.3 Å². The van der Waals surface area contributed by atoms with Gasteiger partial charge in [0.15, 0.2) is 0 Å². The number of hydrogen-bond acceptors (Lipinski definition) is 4. The highest BCUT2D eigenvalue weighted by Crippen LogP contribution is 2.31. The molecule has 0 spiro atoms. The van der Waals surface area contributed by atoms with E-state index in [9.17, 15) is 9.59 Å². The van der Waals surface area contributed by atoms with Crippen LogP contribution in [0.2, 0.25) is 0 Å². The van der Waals surface area contributed by atoms with Crippen molar-refractivity contribution in [1.29, 1.82) is 0 Å². The predicted molar refractivity (Wildman–Crippen MR) is 83.8 cm³/mol. The number of nitrogens with one attached hydrogen (secondary N) is 2. The first-order valence-electron chi connectivity index (χ1n) is 7.23. The molecule has 0 bridgehead atoms. The van der Waals surface area contributed by atoms with Crippen LogP contribution in [-0.2, 0) is 4.79 Å². The van der Waals surface area contributed by atoms with Crippen LogP contribution in [0.1, 0.15) is 23.7 Å². The number of carbonyl (C=O) groups is 2. The van der Waals surface area contributed by atoms with Crippen molar-refractivity contribution >= 4 is 29.3 Å². The average molecular weight is 305 g/mol. The number of rotatable bonds is 1. The molecule has 2 aliphatic rings. The van der Waals surface area contributed by atoms with Gasteiger partial charge in [-0.1, -0.05) is 0 Å². The fourth-order valence-corrected chi connectivity index (χ4v) is 3.60. The minimum Gasteiger partial charge on any atom is -0.333 e. The zero-order valence-electron chi connectivity index (χ0n) is 12.0. The lowest BCUT2D eigenvalue weighted by molar-refractivity contribution is -0.115. The van der Waals surface area contributed by atoms with Gasteiger partial charge in [0, 0.05) is 48.3 Å². The molecule has 1 fully saturated rings. The molecule has 2 N–H and O–H groups in total. The van der Waals surface area contributed by atoms with Gasteiger partial charge in [0.05, 0.1) is 5.69 Å². The molecule has 0 radical (unpaired) electrons. The van der Waals surface area contributed by atoms with E-state index < -0.39 is 0 Å². The Morgan fingerprint density at radius 2 is 2.29 bits per heavy atom. The third-order valence-electron chi connectivity index (χ3n) is 3.85. The van der Waals surface area contributed by atoms with E-state index >= 15 is 0 Å². The second kappa shape index (κ2) is 6.07. The Labute approximate surface area is 128 Å². The van der Waals surface area contributed by atoms with Crippen molar-refractivity contribution < 1.29 is 9.59 Å². The fourth-order valence-electron chi connectivity index (χ4n) is 2.66. The van der Waals surface area contributed by atoms with E-state index in [-0.39, 0.29) is 17.9 Å². The highest BCUT2D eigenvalue weighted by molar-refractivity contribution is 7.99. The number of anilines is 1. The molecule has 0 aliphatic carbocycles. The summed E-state index contributed by atoms with van der Waals surface area (Å²) in [5, 5.41) is 6.17. The van der Waals surface area contributed by atoms with Crippen LogP contribution in [0, 0.1) is 0 Å². The standard InChI is InChI=1S/C15H19N3O2S/c1-10-9-16-5-6-18(10)15(20)11-2-3-13-12(8-11)17-14(19)4-7-21-13/h2-3,8,10,16H,4-7,9H2,1H3,(H,17,19)/t10-/m1/s1. The van der Waals surface area contributed by atoms with E-state index in [1.165, 1.54) is 0 Å². The molecule has 1 aromatic carbocycles. The van der Waals surface area contributed by atoms with Gasteiger partial charge in [-0.3, -0.25) is 9.59 Å². The second-order valence-corrected chi connectivity index (χ2v) is 6.55. The molecule has 112 valence electrons. The van der Waals surface area contributed by atoms with Gasteiger partial charge < -0.3 is 15.5 Å². The van der Waals surface area contributed by atoms with Gasteiger partial charge in [-0.2, -0.15) is 0 Å². The Morgan fingerprint density at radius 1 is 1.43 bits per heavy atom. The summed E-state index contributed by atoms with van der Waals surface area (Å²) in [5.74, 6) is 0.831. The van der Waals surface area contributed by atoms with E-state index in [4.69, 9.17) is 0 Å². The van der Waals surface area contributed by atoms with E-state index in [0.717, 1.165) is 36.0 Å². The minimum absolute atomic E-state index is 0.0152. The second-order valence-electron chi connectivity index (χ2n) is 5.41. The largest absolute Gasteiger partial charge is 0.333 e. The van der Waals surface area contributed by atoms with Crippen LogP contribution in [0.3, 0.4) is 0 Å². The first kappa shape index (κ1) is 14.4. The smallest absolute Gasteiger partial charge is 0.254 e. The maximum atomic E-state index is 12.6. The lowest BCUT2D eigenvalue weighted by atomic mass is 10.1. The summed E-state index contributed by atoms with van der Waals surface area (Å²) in [7, 11) is 0. The first-order valence-corrected chi connectivity index (χ1v) is 8.22. The van der Waals surface area contributed by atoms with Gasteiger partial charge in [0.2, 0.25) is 5.91 Å². The Balaban J connectivity index is 1.85. The van der Waals surface area contributed by atoms with E-state index in [0.29, 0.717) is 12.0 Å². The van der Waals surface area contributed by atoms with E-state index in [1.807, 2.05) is 30.0 Å². The Kier molecular flexibility index (Phi) is 4.17. The lowest BCUT2D eigenvalue weighted by Gasteiger charge is -2.34. The molecule has 1 atom stereocenters. The number of amides is 2. The number of carbonyl (C=O) groups excluding carboxylic acids is 2. The molecule has 1 saturated heterocycles. The van der Waals surface area contributed by atoms with Crippen LogP contribution in [-0.4, -0.2) is 48.1 Å². The molecule has 5 nitrogen and oxygen atoms in total. The summed E-state index contributed by atoms with van der Waals surface area (Å²) >= 11 is 1.65. The maximum absolute atomic E-state index is 12.6. The van der Waals surface area contributed by atoms with Crippen molar-refractivity contribution in [3.05, 3.63) is 23.8 Å². The normalized spacial score (nSPS) is 22.2. The van der Waals surface area contributed by atoms with Crippen LogP contribution in [0.5, 0.6) is 0 Å². The lowest BCUT2D eigenvalue weighted by Crippen LogP contribution is -2.52. The molecule has 6 heteroatoms. The van der Waals surface area contributed by atoms with Crippen molar-refractivity contribution in [2.75, 3.05) is 30.7 Å². The SMILES string of the molecule is C[C@@H]1CNCCN1C(=O)c1ccc2c(c1)NC(=O)CCS2. The van der Waals surface area contributed by atoms with Gasteiger partial charge in [-0.05, 0) is 25.1 Å². The molecule has 2 aliphatic heterocycles. The third kappa shape index (κ3) is 3.06. The maximum Gasteiger partial charge on any atom is 0.254 e. The predicted octanol–water partition coefficient (Wildman–Crippen LogP) is 1.55. The summed E-state index contributed by atoms with van der Waals surface area (Å²) in [5.41, 5.74) is 1.40. The van der Waals surface area contributed by atoms with Gasteiger partial charge in [-0.25, -0.2) is 0 Å². The highest BCUT2D eigenvalue weighted by atomic mass is 32.2. The number of benzene rings is 1. The zero-order valence-corrected chi connectivity index (χ0v) is 12.8. The minimum atomic E-state index is 0.0152. The average Bonchev–Trinajstić information content (AvgIpc) is 2.66. The molecule has 2 amide bonds. The molecule has 1 aromatic rings. The van der Waals surface area contributed by atoms with Crippen LogP contribution in [0.4, 0.5) is 5.69 Å². The summed E-state index contributed by atoms with van der Waals surface area (Å²) in [6.45, 7) is 4.42. The number of fused-ring (bicyclic) bond motifs is 1. The number of piperazine rings is 1. The molecule has 3 rings (SSSR count). The summed E-state index contributed by atoms with van der Waals surface area (Å²) in [4.78, 5) is 27.2. The summed E-state index contributed by atoms with van der Waals surface area (Å²) in [6, 6.07) is 5.79. The quantitative estimate of drug-likeness (QED) is 0.826. The molecule has 2 heterocycles. The monoisotopic (exact) mass is 305 g/mol. The van der Waals surface area contributed by atoms with Gasteiger partial charge in [0.25, 0.3) is 5.91 Å². The van der Waals surface area contributed by atoms with Crippen molar-refractivity contribution in [2.24, 2.45) is 0 Å². The number of hydrogen-bond donors (Lipinski definition) is 2. The molecule has 0 saturated carbocycles. The Hall–Kier alpha value is -1.53. The van der Waals surface area contributed by atoms with Crippen molar-refractivity contribution in [1.82, 2.24) is 10.2 Å². The van der Waals surface area contributed by atoms with E-state index in [2.05, 4.69) is 10.6 Å².